The molecule has 0 heterocycles. The summed E-state index contributed by atoms with van der Waals surface area (Å²) in [6.45, 7) is 4.17. The number of benzene rings is 2. The minimum Gasteiger partial charge on any atom is -0.296 e. The van der Waals surface area contributed by atoms with Crippen LogP contribution in [0.1, 0.15) is 26.7 Å². The highest BCUT2D eigenvalue weighted by Gasteiger charge is 2.44. The molecular formula is C21H23N2OP. The summed E-state index contributed by atoms with van der Waals surface area (Å²) in [5.41, 5.74) is 0.164. The van der Waals surface area contributed by atoms with Gasteiger partial charge in [0.2, 0.25) is 7.29 Å². The van der Waals surface area contributed by atoms with E-state index in [0.29, 0.717) is 6.42 Å². The molecule has 2 aromatic carbocycles. The minimum atomic E-state index is -3.15. The maximum absolute atomic E-state index is 14.2. The van der Waals surface area contributed by atoms with Crippen molar-refractivity contribution in [3.8, 4) is 6.07 Å². The van der Waals surface area contributed by atoms with Crippen LogP contribution in [0.25, 0.3) is 0 Å². The molecular weight excluding hydrogens is 327 g/mol. The standard InChI is InChI=1S/C21H23N2OP/c1-17(2)20-14-9-15-21(20,16-22)23-25(24,18-10-5-3-6-11-18)19-12-7-4-8-13-19/h3-8,10-14,17H,9,15H2,1-2H3,(H,23,24)/t21-/m1/s1. The van der Waals surface area contributed by atoms with Crippen LogP contribution in [0, 0.1) is 17.2 Å². The molecule has 0 aromatic heterocycles. The Kier molecular flexibility index (Phi) is 4.95. The SMILES string of the molecule is CC(C)C1=CCC[C@]1(C#N)NP(=O)(c1ccccc1)c1ccccc1. The van der Waals surface area contributed by atoms with Gasteiger partial charge in [0.1, 0.15) is 5.54 Å². The first-order chi connectivity index (χ1) is 12.0. The first kappa shape index (κ1) is 17.7. The topological polar surface area (TPSA) is 52.9 Å². The van der Waals surface area contributed by atoms with Gasteiger partial charge in [-0.2, -0.15) is 5.26 Å². The third-order valence-corrected chi connectivity index (χ3v) is 7.52. The normalized spacial score (nSPS) is 20.3. The molecule has 1 N–H and O–H groups in total. The molecule has 0 bridgehead atoms. The predicted molar refractivity (Wildman–Crippen MR) is 103 cm³/mol. The summed E-state index contributed by atoms with van der Waals surface area (Å²) in [5, 5.41) is 14.8. The molecule has 25 heavy (non-hydrogen) atoms. The monoisotopic (exact) mass is 350 g/mol. The second-order valence-electron chi connectivity index (χ2n) is 6.76. The van der Waals surface area contributed by atoms with Gasteiger partial charge in [-0.3, -0.25) is 4.57 Å². The lowest BCUT2D eigenvalue weighted by Crippen LogP contribution is -2.46. The van der Waals surface area contributed by atoms with E-state index < -0.39 is 12.8 Å². The summed E-state index contributed by atoms with van der Waals surface area (Å²) in [5.74, 6) is 0.231. The number of nitrogens with zero attached hydrogens (tertiary/aromatic N) is 1. The number of nitriles is 1. The predicted octanol–water partition coefficient (Wildman–Crippen LogP) is 4.14. The smallest absolute Gasteiger partial charge is 0.206 e. The molecule has 2 aromatic rings. The Hall–Kier alpha value is -2.14. The van der Waals surface area contributed by atoms with Crippen molar-refractivity contribution in [1.29, 1.82) is 5.26 Å². The summed E-state index contributed by atoms with van der Waals surface area (Å²) in [4.78, 5) is 0. The van der Waals surface area contributed by atoms with Crippen LogP contribution in [0.2, 0.25) is 0 Å². The third kappa shape index (κ3) is 3.21. The average molecular weight is 350 g/mol. The number of hydrogen-bond donors (Lipinski definition) is 1. The van der Waals surface area contributed by atoms with Crippen molar-refractivity contribution in [2.75, 3.05) is 0 Å². The molecule has 1 aliphatic carbocycles. The van der Waals surface area contributed by atoms with Crippen molar-refractivity contribution in [3.63, 3.8) is 0 Å². The van der Waals surface area contributed by atoms with Crippen LogP contribution in [-0.2, 0) is 4.57 Å². The fraction of sp³-hybridized carbons (Fsp3) is 0.286. The van der Waals surface area contributed by atoms with Crippen LogP contribution in [0.15, 0.2) is 72.3 Å². The molecule has 0 fully saturated rings. The van der Waals surface area contributed by atoms with E-state index in [9.17, 15) is 9.83 Å². The van der Waals surface area contributed by atoms with Gasteiger partial charge in [0.15, 0.2) is 0 Å². The van der Waals surface area contributed by atoms with Gasteiger partial charge < -0.3 is 0 Å². The van der Waals surface area contributed by atoms with E-state index in [1.807, 2.05) is 60.7 Å². The van der Waals surface area contributed by atoms with E-state index in [1.54, 1.807) is 0 Å². The van der Waals surface area contributed by atoms with Gasteiger partial charge in [-0.05, 0) is 48.6 Å². The zero-order valence-electron chi connectivity index (χ0n) is 14.6. The highest BCUT2D eigenvalue weighted by atomic mass is 31.2. The maximum atomic E-state index is 14.2. The first-order valence-corrected chi connectivity index (χ1v) is 10.3. The van der Waals surface area contributed by atoms with Crippen molar-refractivity contribution < 1.29 is 4.57 Å². The molecule has 0 spiro atoms. The van der Waals surface area contributed by atoms with Crippen LogP contribution in [0.4, 0.5) is 0 Å². The van der Waals surface area contributed by atoms with E-state index in [1.165, 1.54) is 0 Å². The Morgan fingerprint density at radius 3 is 2.00 bits per heavy atom. The summed E-state index contributed by atoms with van der Waals surface area (Å²) in [6.07, 6.45) is 3.61. The van der Waals surface area contributed by atoms with Crippen molar-refractivity contribution in [1.82, 2.24) is 5.09 Å². The van der Waals surface area contributed by atoms with Gasteiger partial charge in [0.05, 0.1) is 6.07 Å². The molecule has 128 valence electrons. The Bertz CT molecular complexity index is 809. The van der Waals surface area contributed by atoms with Gasteiger partial charge >= 0.3 is 0 Å². The Balaban J connectivity index is 2.13. The second-order valence-corrected chi connectivity index (χ2v) is 9.24. The summed E-state index contributed by atoms with van der Waals surface area (Å²) in [7, 11) is -3.15. The maximum Gasteiger partial charge on any atom is 0.206 e. The van der Waals surface area contributed by atoms with Crippen LogP contribution in [0.5, 0.6) is 0 Å². The quantitative estimate of drug-likeness (QED) is 0.651. The van der Waals surface area contributed by atoms with E-state index >= 15 is 0 Å². The molecule has 0 radical (unpaired) electrons. The lowest BCUT2D eigenvalue weighted by molar-refractivity contribution is 0.498. The van der Waals surface area contributed by atoms with Gasteiger partial charge in [-0.1, -0.05) is 56.3 Å². The summed E-state index contributed by atoms with van der Waals surface area (Å²) >= 11 is 0. The fourth-order valence-electron chi connectivity index (χ4n) is 3.58. The van der Waals surface area contributed by atoms with E-state index in [4.69, 9.17) is 0 Å². The van der Waals surface area contributed by atoms with Crippen molar-refractivity contribution in [2.45, 2.75) is 32.2 Å². The number of hydrogen-bond acceptors (Lipinski definition) is 2. The highest BCUT2D eigenvalue weighted by molar-refractivity contribution is 7.77. The van der Waals surface area contributed by atoms with Crippen LogP contribution in [-0.4, -0.2) is 5.54 Å². The Morgan fingerprint density at radius 2 is 1.56 bits per heavy atom. The van der Waals surface area contributed by atoms with Crippen molar-refractivity contribution >= 4 is 17.9 Å². The number of nitrogens with one attached hydrogen (secondary N) is 1. The van der Waals surface area contributed by atoms with Crippen molar-refractivity contribution in [3.05, 3.63) is 72.3 Å². The van der Waals surface area contributed by atoms with E-state index in [0.717, 1.165) is 22.6 Å². The molecule has 1 atom stereocenters. The first-order valence-electron chi connectivity index (χ1n) is 8.64. The molecule has 3 rings (SSSR count). The molecule has 0 saturated heterocycles. The second kappa shape index (κ2) is 7.00. The molecule has 0 saturated carbocycles. The zero-order valence-corrected chi connectivity index (χ0v) is 15.5. The number of allylic oxidation sites excluding steroid dienone is 1. The minimum absolute atomic E-state index is 0.231. The van der Waals surface area contributed by atoms with Gasteiger partial charge in [-0.15, -0.1) is 0 Å². The number of rotatable bonds is 5. The van der Waals surface area contributed by atoms with E-state index in [2.05, 4.69) is 31.1 Å². The lowest BCUT2D eigenvalue weighted by Gasteiger charge is -2.33. The molecule has 1 aliphatic rings. The summed E-state index contributed by atoms with van der Waals surface area (Å²) in [6, 6.07) is 21.3. The molecule has 3 nitrogen and oxygen atoms in total. The molecule has 0 unspecified atom stereocenters. The molecule has 0 amide bonds. The fourth-order valence-corrected chi connectivity index (χ4v) is 6.15. The van der Waals surface area contributed by atoms with Crippen LogP contribution >= 0.6 is 7.29 Å². The highest BCUT2D eigenvalue weighted by Crippen LogP contribution is 2.46. The van der Waals surface area contributed by atoms with Gasteiger partial charge in [0, 0.05) is 10.6 Å². The summed E-state index contributed by atoms with van der Waals surface area (Å²) < 4.78 is 14.2. The Labute approximate surface area is 149 Å². The molecule has 0 aliphatic heterocycles. The average Bonchev–Trinajstić information content (AvgIpc) is 3.07. The van der Waals surface area contributed by atoms with E-state index in [-0.39, 0.29) is 5.92 Å². The lowest BCUT2D eigenvalue weighted by atomic mass is 9.87. The Morgan fingerprint density at radius 1 is 1.04 bits per heavy atom. The van der Waals surface area contributed by atoms with Gasteiger partial charge in [0.25, 0.3) is 0 Å². The third-order valence-electron chi connectivity index (χ3n) is 4.78. The van der Waals surface area contributed by atoms with Gasteiger partial charge in [-0.25, -0.2) is 5.09 Å². The van der Waals surface area contributed by atoms with Crippen LogP contribution < -0.4 is 15.7 Å². The largest absolute Gasteiger partial charge is 0.296 e. The van der Waals surface area contributed by atoms with Crippen LogP contribution in [0.3, 0.4) is 0 Å². The molecule has 4 heteroatoms. The zero-order chi connectivity index (χ0) is 17.9. The van der Waals surface area contributed by atoms with Crippen molar-refractivity contribution in [2.24, 2.45) is 5.92 Å².